The van der Waals surface area contributed by atoms with Gasteiger partial charge in [-0.25, -0.2) is 4.98 Å². The van der Waals surface area contributed by atoms with Gasteiger partial charge < -0.3 is 10.3 Å². The van der Waals surface area contributed by atoms with Crippen LogP contribution in [0.4, 0.5) is 0 Å². The average Bonchev–Trinajstić information content (AvgIpc) is 2.59. The molecule has 0 aliphatic carbocycles. The highest BCUT2D eigenvalue weighted by molar-refractivity contribution is 5.74. The Bertz CT molecular complexity index is 297. The molecule has 3 N–H and O–H groups in total. The van der Waals surface area contributed by atoms with Crippen LogP contribution >= 0.6 is 0 Å². The van der Waals surface area contributed by atoms with E-state index in [4.69, 9.17) is 10.6 Å². The molecular weight excluding hydrogens is 184 g/mol. The predicted octanol–water partition coefficient (Wildman–Crippen LogP) is -0.590. The number of amides is 1. The summed E-state index contributed by atoms with van der Waals surface area (Å²) in [6.07, 6.45) is 3.48. The molecule has 78 valence electrons. The van der Waals surface area contributed by atoms with Crippen LogP contribution in [0.1, 0.15) is 12.6 Å². The van der Waals surface area contributed by atoms with E-state index in [0.29, 0.717) is 6.54 Å². The van der Waals surface area contributed by atoms with Gasteiger partial charge in [-0.1, -0.05) is 0 Å². The molecule has 0 saturated carbocycles. The maximum Gasteiger partial charge on any atom is 0.245 e. The summed E-state index contributed by atoms with van der Waals surface area (Å²) < 4.78 is 1.97. The van der Waals surface area contributed by atoms with Crippen molar-refractivity contribution in [3.05, 3.63) is 18.2 Å². The van der Waals surface area contributed by atoms with E-state index in [2.05, 4.69) is 10.5 Å². The molecule has 0 atom stereocenters. The number of carbonyl (C=O) groups is 1. The fourth-order valence-electron chi connectivity index (χ4n) is 1.03. The van der Waals surface area contributed by atoms with E-state index in [1.807, 2.05) is 11.5 Å². The molecule has 1 rings (SSSR count). The van der Waals surface area contributed by atoms with Crippen molar-refractivity contribution in [2.24, 2.45) is 5.73 Å². The SMILES string of the molecule is CCn1cncc1CNOCC(N)=O. The van der Waals surface area contributed by atoms with Gasteiger partial charge in [-0.15, -0.1) is 0 Å². The van der Waals surface area contributed by atoms with Crippen LogP contribution in [0.2, 0.25) is 0 Å². The van der Waals surface area contributed by atoms with E-state index >= 15 is 0 Å². The molecule has 1 heterocycles. The minimum atomic E-state index is -0.499. The fraction of sp³-hybridized carbons (Fsp3) is 0.500. The highest BCUT2D eigenvalue weighted by Gasteiger charge is 1.99. The summed E-state index contributed by atoms with van der Waals surface area (Å²) in [4.78, 5) is 19.1. The summed E-state index contributed by atoms with van der Waals surface area (Å²) in [7, 11) is 0. The third kappa shape index (κ3) is 3.15. The van der Waals surface area contributed by atoms with Gasteiger partial charge in [-0.05, 0) is 6.92 Å². The van der Waals surface area contributed by atoms with Crippen LogP contribution in [0.25, 0.3) is 0 Å². The van der Waals surface area contributed by atoms with E-state index in [1.165, 1.54) is 0 Å². The molecule has 6 nitrogen and oxygen atoms in total. The molecule has 1 aromatic heterocycles. The minimum Gasteiger partial charge on any atom is -0.368 e. The molecule has 0 unspecified atom stereocenters. The molecule has 0 aliphatic rings. The van der Waals surface area contributed by atoms with Gasteiger partial charge in [0.2, 0.25) is 5.91 Å². The van der Waals surface area contributed by atoms with Crippen molar-refractivity contribution in [2.45, 2.75) is 20.0 Å². The number of hydrogen-bond donors (Lipinski definition) is 2. The van der Waals surface area contributed by atoms with Crippen molar-refractivity contribution in [3.8, 4) is 0 Å². The van der Waals surface area contributed by atoms with Crippen molar-refractivity contribution in [1.29, 1.82) is 0 Å². The van der Waals surface area contributed by atoms with Crippen molar-refractivity contribution in [3.63, 3.8) is 0 Å². The number of hydroxylamine groups is 1. The molecular formula is C8H14N4O2. The van der Waals surface area contributed by atoms with Crippen LogP contribution < -0.4 is 11.2 Å². The second-order valence-corrected chi connectivity index (χ2v) is 2.75. The first-order valence-corrected chi connectivity index (χ1v) is 4.36. The monoisotopic (exact) mass is 198 g/mol. The Morgan fingerprint density at radius 2 is 2.57 bits per heavy atom. The molecule has 0 saturated heterocycles. The molecule has 0 spiro atoms. The zero-order valence-corrected chi connectivity index (χ0v) is 8.06. The molecule has 0 aliphatic heterocycles. The van der Waals surface area contributed by atoms with Crippen LogP contribution in [0.15, 0.2) is 12.5 Å². The molecule has 0 aromatic carbocycles. The molecule has 0 radical (unpaired) electrons. The lowest BCUT2D eigenvalue weighted by atomic mass is 10.4. The number of imidazole rings is 1. The zero-order valence-electron chi connectivity index (χ0n) is 8.06. The molecule has 1 amide bonds. The van der Waals surface area contributed by atoms with E-state index in [9.17, 15) is 4.79 Å². The summed E-state index contributed by atoms with van der Waals surface area (Å²) in [5.41, 5.74) is 8.52. The standard InChI is InChI=1S/C8H14N4O2/c1-2-12-6-10-3-7(12)4-11-14-5-8(9)13/h3,6,11H,2,4-5H2,1H3,(H2,9,13). The first-order valence-electron chi connectivity index (χ1n) is 4.36. The second-order valence-electron chi connectivity index (χ2n) is 2.75. The lowest BCUT2D eigenvalue weighted by Crippen LogP contribution is -2.25. The van der Waals surface area contributed by atoms with Crippen LogP contribution in [0, 0.1) is 0 Å². The largest absolute Gasteiger partial charge is 0.368 e. The lowest BCUT2D eigenvalue weighted by molar-refractivity contribution is -0.125. The topological polar surface area (TPSA) is 82.2 Å². The van der Waals surface area contributed by atoms with Crippen LogP contribution in [0.3, 0.4) is 0 Å². The molecule has 1 aromatic rings. The second kappa shape index (κ2) is 5.36. The summed E-state index contributed by atoms with van der Waals surface area (Å²) in [6, 6.07) is 0. The molecule has 0 fully saturated rings. The smallest absolute Gasteiger partial charge is 0.245 e. The molecule has 6 heteroatoms. The number of nitrogens with one attached hydrogen (secondary N) is 1. The lowest BCUT2D eigenvalue weighted by Gasteiger charge is -2.06. The number of aryl methyl sites for hydroxylation is 1. The third-order valence-electron chi connectivity index (χ3n) is 1.71. The molecule has 14 heavy (non-hydrogen) atoms. The van der Waals surface area contributed by atoms with Gasteiger partial charge in [-0.3, -0.25) is 9.63 Å². The Kier molecular flexibility index (Phi) is 4.09. The van der Waals surface area contributed by atoms with Crippen molar-refractivity contribution in [2.75, 3.05) is 6.61 Å². The quantitative estimate of drug-likeness (QED) is 0.473. The van der Waals surface area contributed by atoms with Gasteiger partial charge >= 0.3 is 0 Å². The normalized spacial score (nSPS) is 10.4. The minimum absolute atomic E-state index is 0.125. The number of nitrogens with zero attached hydrogens (tertiary/aromatic N) is 2. The highest BCUT2D eigenvalue weighted by Crippen LogP contribution is 1.97. The van der Waals surface area contributed by atoms with Gasteiger partial charge in [0.25, 0.3) is 0 Å². The average molecular weight is 198 g/mol. The molecule has 0 bridgehead atoms. The first-order chi connectivity index (χ1) is 6.74. The summed E-state index contributed by atoms with van der Waals surface area (Å²) in [5, 5.41) is 0. The first kappa shape index (κ1) is 10.7. The number of aromatic nitrogens is 2. The zero-order chi connectivity index (χ0) is 10.4. The highest BCUT2D eigenvalue weighted by atomic mass is 16.6. The summed E-state index contributed by atoms with van der Waals surface area (Å²) in [6.45, 7) is 3.25. The number of hydrogen-bond acceptors (Lipinski definition) is 4. The Morgan fingerprint density at radius 1 is 1.79 bits per heavy atom. The van der Waals surface area contributed by atoms with Gasteiger partial charge in [0.15, 0.2) is 0 Å². The van der Waals surface area contributed by atoms with E-state index < -0.39 is 5.91 Å². The number of carbonyl (C=O) groups excluding carboxylic acids is 1. The Hall–Kier alpha value is -1.40. The van der Waals surface area contributed by atoms with Crippen LogP contribution in [-0.2, 0) is 22.7 Å². The Morgan fingerprint density at radius 3 is 3.21 bits per heavy atom. The number of rotatable bonds is 6. The maximum absolute atomic E-state index is 10.3. The van der Waals surface area contributed by atoms with E-state index in [0.717, 1.165) is 12.2 Å². The number of nitrogens with two attached hydrogens (primary N) is 1. The van der Waals surface area contributed by atoms with E-state index in [1.54, 1.807) is 12.5 Å². The number of primary amides is 1. The third-order valence-corrected chi connectivity index (χ3v) is 1.71. The Labute approximate surface area is 82.0 Å². The fourth-order valence-corrected chi connectivity index (χ4v) is 1.03. The summed E-state index contributed by atoms with van der Waals surface area (Å²) in [5.74, 6) is -0.499. The predicted molar refractivity (Wildman–Crippen MR) is 49.9 cm³/mol. The Balaban J connectivity index is 2.27. The van der Waals surface area contributed by atoms with Gasteiger partial charge in [0, 0.05) is 12.7 Å². The summed E-state index contributed by atoms with van der Waals surface area (Å²) >= 11 is 0. The maximum atomic E-state index is 10.3. The van der Waals surface area contributed by atoms with Gasteiger partial charge in [-0.2, -0.15) is 5.48 Å². The van der Waals surface area contributed by atoms with Crippen molar-refractivity contribution >= 4 is 5.91 Å². The van der Waals surface area contributed by atoms with E-state index in [-0.39, 0.29) is 6.61 Å². The van der Waals surface area contributed by atoms with Crippen molar-refractivity contribution < 1.29 is 9.63 Å². The van der Waals surface area contributed by atoms with Gasteiger partial charge in [0.1, 0.15) is 6.61 Å². The van der Waals surface area contributed by atoms with Gasteiger partial charge in [0.05, 0.1) is 18.6 Å². The van der Waals surface area contributed by atoms with Crippen molar-refractivity contribution in [1.82, 2.24) is 15.0 Å². The van der Waals surface area contributed by atoms with Crippen LogP contribution in [-0.4, -0.2) is 22.1 Å². The van der Waals surface area contributed by atoms with Crippen LogP contribution in [0.5, 0.6) is 0 Å².